The van der Waals surface area contributed by atoms with Gasteiger partial charge in [0.25, 0.3) is 0 Å². The second-order valence-electron chi connectivity index (χ2n) is 5.09. The minimum absolute atomic E-state index is 1.14. The van der Waals surface area contributed by atoms with Crippen molar-refractivity contribution in [3.8, 4) is 0 Å². The largest absolute Gasteiger partial charge is 0.348 e. The van der Waals surface area contributed by atoms with Crippen LogP contribution in [-0.4, -0.2) is 4.57 Å². The fraction of sp³-hybridized carbons (Fsp3) is 0.222. The normalized spacial score (nSPS) is 11.0. The third-order valence-corrected chi connectivity index (χ3v) is 3.79. The summed E-state index contributed by atoms with van der Waals surface area (Å²) in [5, 5.41) is 1.35. The van der Waals surface area contributed by atoms with Crippen LogP contribution in [0.4, 0.5) is 0 Å². The molecule has 1 heteroatoms. The monoisotopic (exact) mass is 249 g/mol. The van der Waals surface area contributed by atoms with Crippen molar-refractivity contribution in [3.63, 3.8) is 0 Å². The number of aromatic nitrogens is 1. The number of para-hydroxylation sites is 1. The molecular formula is C18H19N. The maximum Gasteiger partial charge on any atom is 0.0479 e. The predicted octanol–water partition coefficient (Wildman–Crippen LogP) is 4.35. The zero-order valence-electron chi connectivity index (χ0n) is 11.3. The molecule has 0 saturated carbocycles. The summed E-state index contributed by atoms with van der Waals surface area (Å²) in [5.41, 5.74) is 4.19. The smallest absolute Gasteiger partial charge is 0.0479 e. The van der Waals surface area contributed by atoms with Crippen LogP contribution >= 0.6 is 0 Å². The van der Waals surface area contributed by atoms with Gasteiger partial charge in [-0.2, -0.15) is 0 Å². The summed E-state index contributed by atoms with van der Waals surface area (Å²) in [7, 11) is 2.17. The van der Waals surface area contributed by atoms with Crippen molar-refractivity contribution in [3.05, 3.63) is 71.9 Å². The summed E-state index contributed by atoms with van der Waals surface area (Å²) in [6, 6.07) is 21.6. The van der Waals surface area contributed by atoms with Gasteiger partial charge in [0, 0.05) is 18.3 Å². The fourth-order valence-corrected chi connectivity index (χ4v) is 2.70. The Morgan fingerprint density at radius 3 is 2.37 bits per heavy atom. The van der Waals surface area contributed by atoms with E-state index in [2.05, 4.69) is 72.3 Å². The Bertz CT molecular complexity index is 664. The summed E-state index contributed by atoms with van der Waals surface area (Å²) in [6.45, 7) is 0. The van der Waals surface area contributed by atoms with Gasteiger partial charge in [0.15, 0.2) is 0 Å². The minimum Gasteiger partial charge on any atom is -0.348 e. The topological polar surface area (TPSA) is 4.93 Å². The molecule has 1 aromatic heterocycles. The van der Waals surface area contributed by atoms with Gasteiger partial charge in [0.2, 0.25) is 0 Å². The molecule has 0 atom stereocenters. The Morgan fingerprint density at radius 1 is 0.842 bits per heavy atom. The molecule has 0 aliphatic rings. The first kappa shape index (κ1) is 12.0. The highest BCUT2D eigenvalue weighted by atomic mass is 14.9. The molecule has 3 aromatic rings. The highest BCUT2D eigenvalue weighted by Crippen LogP contribution is 2.19. The van der Waals surface area contributed by atoms with Gasteiger partial charge >= 0.3 is 0 Å². The van der Waals surface area contributed by atoms with Gasteiger partial charge in [0.1, 0.15) is 0 Å². The van der Waals surface area contributed by atoms with Crippen LogP contribution in [0.5, 0.6) is 0 Å². The van der Waals surface area contributed by atoms with Crippen LogP contribution in [0.25, 0.3) is 10.9 Å². The summed E-state index contributed by atoms with van der Waals surface area (Å²) in [4.78, 5) is 0. The lowest BCUT2D eigenvalue weighted by molar-refractivity contribution is 0.758. The summed E-state index contributed by atoms with van der Waals surface area (Å²) < 4.78 is 2.32. The molecule has 0 aliphatic heterocycles. The Morgan fingerprint density at radius 2 is 1.58 bits per heavy atom. The number of aryl methyl sites for hydroxylation is 3. The molecule has 3 rings (SSSR count). The lowest BCUT2D eigenvalue weighted by atomic mass is 10.1. The van der Waals surface area contributed by atoms with Gasteiger partial charge in [-0.25, -0.2) is 0 Å². The van der Waals surface area contributed by atoms with Crippen LogP contribution in [-0.2, 0) is 19.9 Å². The molecule has 0 spiro atoms. The first-order valence-electron chi connectivity index (χ1n) is 6.92. The lowest BCUT2D eigenvalue weighted by Gasteiger charge is -2.04. The van der Waals surface area contributed by atoms with E-state index in [9.17, 15) is 0 Å². The van der Waals surface area contributed by atoms with E-state index in [0.717, 1.165) is 12.8 Å². The van der Waals surface area contributed by atoms with Crippen molar-refractivity contribution in [2.75, 3.05) is 0 Å². The standard InChI is InChI=1S/C18H19N/c1-19-17(14-16-11-5-6-13-18(16)19)12-7-10-15-8-3-2-4-9-15/h2-6,8-9,11,13-14H,7,10,12H2,1H3. The molecule has 19 heavy (non-hydrogen) atoms. The van der Waals surface area contributed by atoms with Crippen LogP contribution in [0, 0.1) is 0 Å². The van der Waals surface area contributed by atoms with Crippen molar-refractivity contribution in [2.24, 2.45) is 7.05 Å². The van der Waals surface area contributed by atoms with Crippen molar-refractivity contribution < 1.29 is 0 Å². The predicted molar refractivity (Wildman–Crippen MR) is 81.4 cm³/mol. The van der Waals surface area contributed by atoms with Crippen LogP contribution in [0.2, 0.25) is 0 Å². The molecular weight excluding hydrogens is 230 g/mol. The zero-order valence-corrected chi connectivity index (χ0v) is 11.3. The van der Waals surface area contributed by atoms with Gasteiger partial charge in [-0.1, -0.05) is 48.5 Å². The Labute approximate surface area is 114 Å². The Hall–Kier alpha value is -2.02. The molecule has 2 aromatic carbocycles. The minimum atomic E-state index is 1.14. The molecule has 1 nitrogen and oxygen atoms in total. The van der Waals surface area contributed by atoms with Gasteiger partial charge in [0.05, 0.1) is 0 Å². The fourth-order valence-electron chi connectivity index (χ4n) is 2.70. The average molecular weight is 249 g/mol. The zero-order chi connectivity index (χ0) is 13.1. The molecule has 0 saturated heterocycles. The van der Waals surface area contributed by atoms with E-state index in [1.54, 1.807) is 0 Å². The maximum absolute atomic E-state index is 2.32. The van der Waals surface area contributed by atoms with Crippen molar-refractivity contribution in [2.45, 2.75) is 19.3 Å². The van der Waals surface area contributed by atoms with Crippen LogP contribution in [0.15, 0.2) is 60.7 Å². The molecule has 0 bridgehead atoms. The second-order valence-corrected chi connectivity index (χ2v) is 5.09. The molecule has 1 heterocycles. The first-order chi connectivity index (χ1) is 9.34. The molecule has 0 fully saturated rings. The number of hydrogen-bond donors (Lipinski definition) is 0. The first-order valence-corrected chi connectivity index (χ1v) is 6.92. The molecule has 0 aliphatic carbocycles. The number of benzene rings is 2. The van der Waals surface area contributed by atoms with E-state index in [1.807, 2.05) is 0 Å². The quantitative estimate of drug-likeness (QED) is 0.647. The van der Waals surface area contributed by atoms with E-state index >= 15 is 0 Å². The highest BCUT2D eigenvalue weighted by Gasteiger charge is 2.04. The van der Waals surface area contributed by atoms with Crippen molar-refractivity contribution in [1.82, 2.24) is 4.57 Å². The number of nitrogens with zero attached hydrogens (tertiary/aromatic N) is 1. The molecule has 0 radical (unpaired) electrons. The van der Waals surface area contributed by atoms with Crippen LogP contribution in [0.1, 0.15) is 17.7 Å². The van der Waals surface area contributed by atoms with E-state index in [0.29, 0.717) is 0 Å². The van der Waals surface area contributed by atoms with Crippen molar-refractivity contribution >= 4 is 10.9 Å². The Kier molecular flexibility index (Phi) is 3.37. The summed E-state index contributed by atoms with van der Waals surface area (Å²) in [5.74, 6) is 0. The third kappa shape index (κ3) is 2.55. The van der Waals surface area contributed by atoms with E-state index in [1.165, 1.54) is 28.6 Å². The van der Waals surface area contributed by atoms with Gasteiger partial charge < -0.3 is 4.57 Å². The van der Waals surface area contributed by atoms with E-state index < -0.39 is 0 Å². The maximum atomic E-state index is 2.32. The summed E-state index contributed by atoms with van der Waals surface area (Å²) >= 11 is 0. The average Bonchev–Trinajstić information content (AvgIpc) is 2.78. The number of hydrogen-bond acceptors (Lipinski definition) is 0. The third-order valence-electron chi connectivity index (χ3n) is 3.79. The van der Waals surface area contributed by atoms with E-state index in [4.69, 9.17) is 0 Å². The lowest BCUT2D eigenvalue weighted by Crippen LogP contribution is -1.97. The summed E-state index contributed by atoms with van der Waals surface area (Å²) in [6.07, 6.45) is 3.50. The van der Waals surface area contributed by atoms with Crippen LogP contribution in [0.3, 0.4) is 0 Å². The number of rotatable bonds is 4. The molecule has 0 amide bonds. The van der Waals surface area contributed by atoms with Crippen molar-refractivity contribution in [1.29, 1.82) is 0 Å². The highest BCUT2D eigenvalue weighted by molar-refractivity contribution is 5.81. The second kappa shape index (κ2) is 5.31. The molecule has 96 valence electrons. The molecule has 0 unspecified atom stereocenters. The van der Waals surface area contributed by atoms with E-state index in [-0.39, 0.29) is 0 Å². The Balaban J connectivity index is 1.70. The van der Waals surface area contributed by atoms with Gasteiger partial charge in [-0.3, -0.25) is 0 Å². The van der Waals surface area contributed by atoms with Gasteiger partial charge in [-0.15, -0.1) is 0 Å². The van der Waals surface area contributed by atoms with Crippen LogP contribution < -0.4 is 0 Å². The molecule has 0 N–H and O–H groups in total. The SMILES string of the molecule is Cn1c(CCCc2ccccc2)cc2ccccc21. The number of fused-ring (bicyclic) bond motifs is 1. The van der Waals surface area contributed by atoms with Gasteiger partial charge in [-0.05, 0) is 42.3 Å².